The van der Waals surface area contributed by atoms with Crippen LogP contribution in [0.3, 0.4) is 0 Å². The van der Waals surface area contributed by atoms with Crippen molar-refractivity contribution in [1.29, 1.82) is 5.26 Å². The van der Waals surface area contributed by atoms with Crippen LogP contribution in [0.4, 0.5) is 0 Å². The zero-order valence-electron chi connectivity index (χ0n) is 19.4. The maximum atomic E-state index is 12.6. The molecule has 2 saturated carbocycles. The molecule has 2 fully saturated rings. The molecule has 1 aromatic heterocycles. The van der Waals surface area contributed by atoms with E-state index in [0.29, 0.717) is 11.8 Å². The molecule has 3 rings (SSSR count). The number of amides is 1. The molecule has 0 saturated heterocycles. The van der Waals surface area contributed by atoms with Gasteiger partial charge in [-0.3, -0.25) is 4.79 Å². The Morgan fingerprint density at radius 2 is 2.06 bits per heavy atom. The Kier molecular flexibility index (Phi) is 7.25. The topological polar surface area (TPSA) is 84.1 Å². The number of rotatable bonds is 8. The standard InChI is InChI=1S/C25H35N3O3/c1-6-9-28-15(2)10-21(17(28)4)13-22(14-26)25(30)31-18(5)24(29)27-16(3)23-12-19-7-8-20(23)11-19/h10,13,16,18-20,23H,6-9,11-12H2,1-5H3,(H,27,29)/b22-13+/t16-,18-,19+,20+,23-/m0/s1. The van der Waals surface area contributed by atoms with Gasteiger partial charge in [-0.05, 0) is 88.8 Å². The van der Waals surface area contributed by atoms with E-state index in [4.69, 9.17) is 4.74 Å². The summed E-state index contributed by atoms with van der Waals surface area (Å²) in [5, 5.41) is 12.5. The van der Waals surface area contributed by atoms with Gasteiger partial charge in [0, 0.05) is 24.0 Å². The number of aromatic nitrogens is 1. The third-order valence-electron chi connectivity index (χ3n) is 7.16. The van der Waals surface area contributed by atoms with E-state index in [9.17, 15) is 14.9 Å². The summed E-state index contributed by atoms with van der Waals surface area (Å²) in [6, 6.07) is 3.96. The first-order valence-electron chi connectivity index (χ1n) is 11.5. The first-order chi connectivity index (χ1) is 14.7. The molecule has 1 N–H and O–H groups in total. The van der Waals surface area contributed by atoms with Crippen LogP contribution < -0.4 is 5.32 Å². The molecule has 2 aliphatic carbocycles. The predicted octanol–water partition coefficient (Wildman–Crippen LogP) is 4.29. The van der Waals surface area contributed by atoms with Crippen molar-refractivity contribution in [2.45, 2.75) is 85.4 Å². The van der Waals surface area contributed by atoms with E-state index in [-0.39, 0.29) is 17.5 Å². The molecular formula is C25H35N3O3. The minimum absolute atomic E-state index is 0.0684. The Hall–Kier alpha value is -2.55. The molecule has 1 heterocycles. The van der Waals surface area contributed by atoms with Gasteiger partial charge in [0.1, 0.15) is 11.6 Å². The van der Waals surface area contributed by atoms with Crippen molar-refractivity contribution >= 4 is 18.0 Å². The van der Waals surface area contributed by atoms with Gasteiger partial charge in [-0.15, -0.1) is 0 Å². The predicted molar refractivity (Wildman–Crippen MR) is 120 cm³/mol. The highest BCUT2D eigenvalue weighted by Gasteiger charge is 2.42. The van der Waals surface area contributed by atoms with Crippen molar-refractivity contribution in [3.05, 3.63) is 28.6 Å². The van der Waals surface area contributed by atoms with Crippen molar-refractivity contribution in [3.63, 3.8) is 0 Å². The number of hydrogen-bond acceptors (Lipinski definition) is 4. The summed E-state index contributed by atoms with van der Waals surface area (Å²) in [5.74, 6) is 0.962. The fourth-order valence-corrected chi connectivity index (χ4v) is 5.47. The Labute approximate surface area is 185 Å². The number of carbonyl (C=O) groups is 2. The third kappa shape index (κ3) is 5.03. The zero-order chi connectivity index (χ0) is 22.7. The second kappa shape index (κ2) is 9.72. The lowest BCUT2D eigenvalue weighted by Crippen LogP contribution is -2.45. The molecule has 0 unspecified atom stereocenters. The van der Waals surface area contributed by atoms with Crippen LogP contribution in [0, 0.1) is 42.9 Å². The summed E-state index contributed by atoms with van der Waals surface area (Å²) in [5.41, 5.74) is 2.81. The molecule has 0 aliphatic heterocycles. The van der Waals surface area contributed by atoms with Crippen molar-refractivity contribution in [2.75, 3.05) is 0 Å². The SMILES string of the molecule is CCCn1c(C)cc(/C=C(\C#N)C(=O)O[C@@H](C)C(=O)N[C@@H](C)[C@@H]2C[C@@H]3CC[C@@H]2C3)c1C. The molecule has 0 aromatic carbocycles. The lowest BCUT2D eigenvalue weighted by Gasteiger charge is -2.29. The van der Waals surface area contributed by atoms with E-state index in [1.807, 2.05) is 32.9 Å². The van der Waals surface area contributed by atoms with Gasteiger partial charge in [0.15, 0.2) is 6.10 Å². The van der Waals surface area contributed by atoms with Crippen molar-refractivity contribution in [2.24, 2.45) is 17.8 Å². The number of esters is 1. The molecule has 168 valence electrons. The maximum Gasteiger partial charge on any atom is 0.349 e. The average Bonchev–Trinajstić information content (AvgIpc) is 3.43. The Morgan fingerprint density at radius 1 is 1.32 bits per heavy atom. The molecule has 2 bridgehead atoms. The molecule has 2 aliphatic rings. The monoisotopic (exact) mass is 425 g/mol. The van der Waals surface area contributed by atoms with Crippen LogP contribution >= 0.6 is 0 Å². The molecule has 1 aromatic rings. The minimum Gasteiger partial charge on any atom is -0.448 e. The lowest BCUT2D eigenvalue weighted by molar-refractivity contribution is -0.151. The van der Waals surface area contributed by atoms with Crippen LogP contribution in [0.25, 0.3) is 6.08 Å². The number of carbonyl (C=O) groups excluding carboxylic acids is 2. The van der Waals surface area contributed by atoms with E-state index >= 15 is 0 Å². The molecule has 6 nitrogen and oxygen atoms in total. The summed E-state index contributed by atoms with van der Waals surface area (Å²) in [6.07, 6.45) is 6.65. The summed E-state index contributed by atoms with van der Waals surface area (Å²) in [6.45, 7) is 10.6. The number of fused-ring (bicyclic) bond motifs is 2. The molecule has 0 spiro atoms. The van der Waals surface area contributed by atoms with Crippen molar-refractivity contribution in [3.8, 4) is 6.07 Å². The zero-order valence-corrected chi connectivity index (χ0v) is 19.4. The summed E-state index contributed by atoms with van der Waals surface area (Å²) < 4.78 is 7.50. The highest BCUT2D eigenvalue weighted by atomic mass is 16.5. The maximum absolute atomic E-state index is 12.6. The number of aryl methyl sites for hydroxylation is 1. The number of hydrogen-bond donors (Lipinski definition) is 1. The quantitative estimate of drug-likeness (QED) is 0.382. The molecule has 0 radical (unpaired) electrons. The highest BCUT2D eigenvalue weighted by molar-refractivity contribution is 5.99. The van der Waals surface area contributed by atoms with Gasteiger partial charge >= 0.3 is 5.97 Å². The Morgan fingerprint density at radius 3 is 2.65 bits per heavy atom. The van der Waals surface area contributed by atoms with Crippen LogP contribution in [0.1, 0.15) is 69.8 Å². The highest BCUT2D eigenvalue weighted by Crippen LogP contribution is 2.49. The van der Waals surface area contributed by atoms with Crippen LogP contribution in [0.2, 0.25) is 0 Å². The molecule has 6 heteroatoms. The van der Waals surface area contributed by atoms with Crippen LogP contribution in [0.15, 0.2) is 11.6 Å². The van der Waals surface area contributed by atoms with Gasteiger partial charge in [-0.2, -0.15) is 5.26 Å². The summed E-state index contributed by atoms with van der Waals surface area (Å²) in [7, 11) is 0. The van der Waals surface area contributed by atoms with E-state index in [1.165, 1.54) is 25.7 Å². The Bertz CT molecular complexity index is 908. The normalized spacial score (nSPS) is 24.5. The summed E-state index contributed by atoms with van der Waals surface area (Å²) >= 11 is 0. The van der Waals surface area contributed by atoms with Gasteiger partial charge in [0.2, 0.25) is 0 Å². The first kappa shape index (κ1) is 23.1. The van der Waals surface area contributed by atoms with Gasteiger partial charge in [-0.25, -0.2) is 4.79 Å². The second-order valence-electron chi connectivity index (χ2n) is 9.33. The molecule has 1 amide bonds. The largest absolute Gasteiger partial charge is 0.448 e. The van der Waals surface area contributed by atoms with Crippen LogP contribution in [0.5, 0.6) is 0 Å². The van der Waals surface area contributed by atoms with Crippen molar-refractivity contribution < 1.29 is 14.3 Å². The van der Waals surface area contributed by atoms with E-state index < -0.39 is 12.1 Å². The average molecular weight is 426 g/mol. The van der Waals surface area contributed by atoms with Crippen molar-refractivity contribution in [1.82, 2.24) is 9.88 Å². The van der Waals surface area contributed by atoms with Crippen LogP contribution in [-0.2, 0) is 20.9 Å². The van der Waals surface area contributed by atoms with Gasteiger partial charge in [0.25, 0.3) is 5.91 Å². The number of nitriles is 1. The van der Waals surface area contributed by atoms with Gasteiger partial charge in [-0.1, -0.05) is 13.3 Å². The van der Waals surface area contributed by atoms with E-state index in [1.54, 1.807) is 13.0 Å². The fourth-order valence-electron chi connectivity index (χ4n) is 5.47. The summed E-state index contributed by atoms with van der Waals surface area (Å²) in [4.78, 5) is 25.2. The Balaban J connectivity index is 1.61. The number of nitrogens with zero attached hydrogens (tertiary/aromatic N) is 2. The molecule has 31 heavy (non-hydrogen) atoms. The fraction of sp³-hybridized carbons (Fsp3) is 0.640. The minimum atomic E-state index is -0.946. The molecular weight excluding hydrogens is 390 g/mol. The van der Waals surface area contributed by atoms with E-state index in [0.717, 1.165) is 35.8 Å². The third-order valence-corrected chi connectivity index (χ3v) is 7.16. The molecule has 5 atom stereocenters. The van der Waals surface area contributed by atoms with Crippen LogP contribution in [-0.4, -0.2) is 28.6 Å². The second-order valence-corrected chi connectivity index (χ2v) is 9.33. The lowest BCUT2D eigenvalue weighted by atomic mass is 9.84. The van der Waals surface area contributed by atoms with E-state index in [2.05, 4.69) is 16.8 Å². The van der Waals surface area contributed by atoms with Gasteiger partial charge < -0.3 is 14.6 Å². The van der Waals surface area contributed by atoms with Gasteiger partial charge in [0.05, 0.1) is 0 Å². The smallest absolute Gasteiger partial charge is 0.349 e. The number of nitrogens with one attached hydrogen (secondary N) is 1. The number of ether oxygens (including phenoxy) is 1. The first-order valence-corrected chi connectivity index (χ1v) is 11.5.